The van der Waals surface area contributed by atoms with Gasteiger partial charge in [-0.1, -0.05) is 60.7 Å². The molecule has 0 spiro atoms. The van der Waals surface area contributed by atoms with Gasteiger partial charge in [0.15, 0.2) is 0 Å². The largest absolute Gasteiger partial charge is 0.444 e. The van der Waals surface area contributed by atoms with Gasteiger partial charge in [-0.2, -0.15) is 0 Å². The molecule has 2 rings (SSSR count). The van der Waals surface area contributed by atoms with Crippen molar-refractivity contribution in [1.29, 1.82) is 5.41 Å². The van der Waals surface area contributed by atoms with Gasteiger partial charge in [0.2, 0.25) is 0 Å². The second-order valence-electron chi connectivity index (χ2n) is 6.72. The number of carbonyl (C=O) groups is 2. The molecule has 26 heavy (non-hydrogen) atoms. The normalized spacial score (nSPS) is 12.0. The summed E-state index contributed by atoms with van der Waals surface area (Å²) in [5, 5.41) is 13.2. The molecule has 2 aromatic rings. The van der Waals surface area contributed by atoms with Crippen molar-refractivity contribution < 1.29 is 14.3 Å². The van der Waals surface area contributed by atoms with Crippen LogP contribution in [0, 0.1) is 5.41 Å². The van der Waals surface area contributed by atoms with Gasteiger partial charge in [-0.15, -0.1) is 0 Å². The number of benzene rings is 2. The third-order valence-electron chi connectivity index (χ3n) is 3.37. The Kier molecular flexibility index (Phi) is 6.11. The van der Waals surface area contributed by atoms with Gasteiger partial charge in [0.1, 0.15) is 17.5 Å². The lowest BCUT2D eigenvalue weighted by Gasteiger charge is -2.23. The average molecular weight is 353 g/mol. The number of hydrogen-bond acceptors (Lipinski definition) is 4. The van der Waals surface area contributed by atoms with Crippen LogP contribution in [0.15, 0.2) is 60.7 Å². The third kappa shape index (κ3) is 5.73. The lowest BCUT2D eigenvalue weighted by molar-refractivity contribution is -0.121. The lowest BCUT2D eigenvalue weighted by atomic mass is 10.1. The van der Waals surface area contributed by atoms with E-state index >= 15 is 0 Å². The van der Waals surface area contributed by atoms with Crippen LogP contribution in [0.1, 0.15) is 37.9 Å². The average Bonchev–Trinajstić information content (AvgIpc) is 2.59. The van der Waals surface area contributed by atoms with Crippen LogP contribution in [0.3, 0.4) is 0 Å². The minimum atomic E-state index is -0.977. The van der Waals surface area contributed by atoms with Crippen molar-refractivity contribution in [2.75, 3.05) is 0 Å². The number of amidine groups is 1. The summed E-state index contributed by atoms with van der Waals surface area (Å²) in [4.78, 5) is 24.8. The Bertz CT molecular complexity index is 768. The van der Waals surface area contributed by atoms with Gasteiger partial charge >= 0.3 is 6.09 Å². The fourth-order valence-electron chi connectivity index (χ4n) is 2.24. The molecule has 3 N–H and O–H groups in total. The summed E-state index contributed by atoms with van der Waals surface area (Å²) in [6, 6.07) is 16.7. The van der Waals surface area contributed by atoms with Gasteiger partial charge in [0, 0.05) is 5.56 Å². The molecule has 0 bridgehead atoms. The van der Waals surface area contributed by atoms with Crippen LogP contribution in [0.5, 0.6) is 0 Å². The summed E-state index contributed by atoms with van der Waals surface area (Å²) >= 11 is 0. The Morgan fingerprint density at radius 2 is 1.50 bits per heavy atom. The molecule has 0 aliphatic rings. The zero-order valence-corrected chi connectivity index (χ0v) is 15.1. The number of carbonyl (C=O) groups excluding carboxylic acids is 2. The van der Waals surface area contributed by atoms with Crippen molar-refractivity contribution in [2.45, 2.75) is 32.4 Å². The predicted octanol–water partition coefficient (Wildman–Crippen LogP) is 3.39. The Balaban J connectivity index is 2.16. The molecule has 0 unspecified atom stereocenters. The van der Waals surface area contributed by atoms with Gasteiger partial charge in [-0.05, 0) is 26.3 Å². The molecule has 0 aromatic heterocycles. The van der Waals surface area contributed by atoms with Crippen LogP contribution in [-0.2, 0) is 9.53 Å². The smallest absolute Gasteiger partial charge is 0.408 e. The summed E-state index contributed by atoms with van der Waals surface area (Å²) in [6.07, 6.45) is -0.701. The SMILES string of the molecule is CC(C)(C)OC(=O)N[C@@H](C(=O)NC(=N)c1ccccc1)c1ccccc1. The number of rotatable bonds is 4. The fraction of sp³-hybridized carbons (Fsp3) is 0.250. The van der Waals surface area contributed by atoms with Crippen molar-refractivity contribution in [1.82, 2.24) is 10.6 Å². The van der Waals surface area contributed by atoms with E-state index in [1.165, 1.54) is 0 Å². The summed E-state index contributed by atoms with van der Waals surface area (Å²) in [5.41, 5.74) is 0.486. The molecular formula is C20H23N3O3. The van der Waals surface area contributed by atoms with E-state index in [2.05, 4.69) is 10.6 Å². The Hall–Kier alpha value is -3.15. The maximum Gasteiger partial charge on any atom is 0.408 e. The van der Waals surface area contributed by atoms with Gasteiger partial charge in [0.25, 0.3) is 5.91 Å². The van der Waals surface area contributed by atoms with Crippen molar-refractivity contribution in [3.8, 4) is 0 Å². The molecule has 136 valence electrons. The standard InChI is InChI=1S/C20H23N3O3/c1-20(2,3)26-19(25)22-16(14-10-6-4-7-11-14)18(24)23-17(21)15-12-8-5-9-13-15/h4-13,16H,1-3H3,(H,22,25)(H2,21,23,24)/t16-/m1/s1. The molecule has 0 radical (unpaired) electrons. The van der Waals surface area contributed by atoms with E-state index in [9.17, 15) is 9.59 Å². The first kappa shape index (κ1) is 19.2. The molecular weight excluding hydrogens is 330 g/mol. The van der Waals surface area contributed by atoms with Gasteiger partial charge in [-0.3, -0.25) is 10.2 Å². The quantitative estimate of drug-likeness (QED) is 0.581. The minimum absolute atomic E-state index is 0.0393. The van der Waals surface area contributed by atoms with Gasteiger partial charge < -0.3 is 15.4 Å². The lowest BCUT2D eigenvalue weighted by Crippen LogP contribution is -2.44. The van der Waals surface area contributed by atoms with E-state index in [4.69, 9.17) is 10.1 Å². The topological polar surface area (TPSA) is 91.3 Å². The zero-order chi connectivity index (χ0) is 19.2. The molecule has 0 aliphatic heterocycles. The highest BCUT2D eigenvalue weighted by Gasteiger charge is 2.26. The Morgan fingerprint density at radius 3 is 2.04 bits per heavy atom. The van der Waals surface area contributed by atoms with E-state index in [1.807, 2.05) is 12.1 Å². The molecule has 0 fully saturated rings. The van der Waals surface area contributed by atoms with Crippen LogP contribution in [-0.4, -0.2) is 23.4 Å². The Labute approximate surface area is 153 Å². The molecule has 6 nitrogen and oxygen atoms in total. The number of alkyl carbamates (subject to hydrolysis) is 1. The van der Waals surface area contributed by atoms with E-state index in [1.54, 1.807) is 69.3 Å². The molecule has 2 aromatic carbocycles. The van der Waals surface area contributed by atoms with Crippen molar-refractivity contribution in [3.63, 3.8) is 0 Å². The van der Waals surface area contributed by atoms with Crippen LogP contribution in [0.4, 0.5) is 4.79 Å². The molecule has 0 heterocycles. The molecule has 0 saturated heterocycles. The zero-order valence-electron chi connectivity index (χ0n) is 15.1. The second kappa shape index (κ2) is 8.29. The number of nitrogens with one attached hydrogen (secondary N) is 3. The first-order valence-electron chi connectivity index (χ1n) is 8.25. The Morgan fingerprint density at radius 1 is 0.962 bits per heavy atom. The summed E-state index contributed by atoms with van der Waals surface area (Å²) in [6.45, 7) is 5.24. The number of ether oxygens (including phenoxy) is 1. The first-order chi connectivity index (χ1) is 12.3. The monoisotopic (exact) mass is 353 g/mol. The highest BCUT2D eigenvalue weighted by Crippen LogP contribution is 2.15. The fourth-order valence-corrected chi connectivity index (χ4v) is 2.24. The van der Waals surface area contributed by atoms with Crippen LogP contribution in [0.2, 0.25) is 0 Å². The summed E-state index contributed by atoms with van der Waals surface area (Å²) in [7, 11) is 0. The van der Waals surface area contributed by atoms with Crippen LogP contribution in [0.25, 0.3) is 0 Å². The van der Waals surface area contributed by atoms with Gasteiger partial charge in [0.05, 0.1) is 0 Å². The maximum absolute atomic E-state index is 12.7. The van der Waals surface area contributed by atoms with Crippen LogP contribution < -0.4 is 10.6 Å². The van der Waals surface area contributed by atoms with E-state index < -0.39 is 23.6 Å². The molecule has 0 aliphatic carbocycles. The van der Waals surface area contributed by atoms with Crippen LogP contribution >= 0.6 is 0 Å². The summed E-state index contributed by atoms with van der Waals surface area (Å²) < 4.78 is 5.25. The summed E-state index contributed by atoms with van der Waals surface area (Å²) in [5.74, 6) is -0.557. The third-order valence-corrected chi connectivity index (χ3v) is 3.37. The van der Waals surface area contributed by atoms with E-state index in [0.29, 0.717) is 11.1 Å². The molecule has 2 amide bonds. The second-order valence-corrected chi connectivity index (χ2v) is 6.72. The number of hydrogen-bond donors (Lipinski definition) is 3. The maximum atomic E-state index is 12.7. The highest BCUT2D eigenvalue weighted by atomic mass is 16.6. The van der Waals surface area contributed by atoms with Crippen molar-refractivity contribution in [3.05, 3.63) is 71.8 Å². The molecule has 1 atom stereocenters. The van der Waals surface area contributed by atoms with E-state index in [0.717, 1.165) is 0 Å². The van der Waals surface area contributed by atoms with Crippen molar-refractivity contribution in [2.24, 2.45) is 0 Å². The van der Waals surface area contributed by atoms with Gasteiger partial charge in [-0.25, -0.2) is 4.79 Å². The predicted molar refractivity (Wildman–Crippen MR) is 100.0 cm³/mol. The molecule has 6 heteroatoms. The molecule has 0 saturated carbocycles. The highest BCUT2D eigenvalue weighted by molar-refractivity contribution is 6.08. The minimum Gasteiger partial charge on any atom is -0.444 e. The van der Waals surface area contributed by atoms with E-state index in [-0.39, 0.29) is 5.84 Å². The first-order valence-corrected chi connectivity index (χ1v) is 8.25. The van der Waals surface area contributed by atoms with Crippen molar-refractivity contribution >= 4 is 17.8 Å². The number of amides is 2.